The number of aryl methyl sites for hydroxylation is 1. The summed E-state index contributed by atoms with van der Waals surface area (Å²) in [5.41, 5.74) is 2.34. The van der Waals surface area contributed by atoms with E-state index in [1.165, 1.54) is 5.56 Å². The highest BCUT2D eigenvalue weighted by Gasteiger charge is 2.11. The van der Waals surface area contributed by atoms with Gasteiger partial charge in [0, 0.05) is 0 Å². The Morgan fingerprint density at radius 1 is 1.00 bits per heavy atom. The molecule has 1 aromatic heterocycles. The van der Waals surface area contributed by atoms with Gasteiger partial charge in [-0.2, -0.15) is 0 Å². The van der Waals surface area contributed by atoms with Crippen LogP contribution < -0.4 is 14.8 Å². The maximum atomic E-state index is 12.0. The fraction of sp³-hybridized carbons (Fsp3) is 0.250. The molecule has 0 spiro atoms. The predicted octanol–water partition coefficient (Wildman–Crippen LogP) is 3.25. The zero-order chi connectivity index (χ0) is 19.1. The molecule has 0 radical (unpaired) electrons. The average Bonchev–Trinajstić information content (AvgIpc) is 3.14. The van der Waals surface area contributed by atoms with Crippen LogP contribution in [-0.4, -0.2) is 29.8 Å². The van der Waals surface area contributed by atoms with Crippen molar-refractivity contribution >= 4 is 11.9 Å². The Morgan fingerprint density at radius 2 is 1.67 bits per heavy atom. The summed E-state index contributed by atoms with van der Waals surface area (Å²) >= 11 is 0. The van der Waals surface area contributed by atoms with Crippen molar-refractivity contribution in [3.63, 3.8) is 0 Å². The molecule has 140 valence electrons. The number of ether oxygens (including phenoxy) is 2. The highest BCUT2D eigenvalue weighted by Crippen LogP contribution is 2.17. The van der Waals surface area contributed by atoms with Crippen LogP contribution in [0.15, 0.2) is 52.9 Å². The first kappa shape index (κ1) is 18.4. The summed E-state index contributed by atoms with van der Waals surface area (Å²) in [5, 5.41) is 10.3. The molecule has 0 unspecified atom stereocenters. The summed E-state index contributed by atoms with van der Waals surface area (Å²) in [5.74, 6) is 1.33. The second-order valence-corrected chi connectivity index (χ2v) is 5.86. The van der Waals surface area contributed by atoms with Crippen LogP contribution in [0.3, 0.4) is 0 Å². The van der Waals surface area contributed by atoms with Gasteiger partial charge in [0.1, 0.15) is 11.5 Å². The Balaban J connectivity index is 1.49. The number of hydrogen-bond acceptors (Lipinski definition) is 6. The molecule has 0 atom stereocenters. The smallest absolute Gasteiger partial charge is 0.322 e. The Kier molecular flexibility index (Phi) is 6.04. The molecule has 0 bridgehead atoms. The predicted molar refractivity (Wildman–Crippen MR) is 100 cm³/mol. The number of aromatic nitrogens is 2. The van der Waals surface area contributed by atoms with Gasteiger partial charge in [0.2, 0.25) is 5.89 Å². The third-order valence-electron chi connectivity index (χ3n) is 3.93. The van der Waals surface area contributed by atoms with Crippen molar-refractivity contribution in [2.45, 2.75) is 19.8 Å². The normalized spacial score (nSPS) is 10.4. The summed E-state index contributed by atoms with van der Waals surface area (Å²) in [4.78, 5) is 12.0. The third-order valence-corrected chi connectivity index (χ3v) is 3.93. The number of nitrogens with zero attached hydrogens (tertiary/aromatic N) is 2. The van der Waals surface area contributed by atoms with Gasteiger partial charge in [0.15, 0.2) is 6.61 Å². The molecule has 7 heteroatoms. The first-order valence-corrected chi connectivity index (χ1v) is 8.63. The standard InChI is InChI=1S/C20H21N3O4/c1-3-14-4-6-15(7-5-14)12-19-22-23-20(27-19)21-18(24)13-26-17-10-8-16(25-2)9-11-17/h4-11H,3,12-13H2,1-2H3,(H,21,23,24). The van der Waals surface area contributed by atoms with Gasteiger partial charge in [-0.25, -0.2) is 0 Å². The lowest BCUT2D eigenvalue weighted by molar-refractivity contribution is -0.118. The van der Waals surface area contributed by atoms with E-state index in [9.17, 15) is 4.79 Å². The zero-order valence-electron chi connectivity index (χ0n) is 15.3. The van der Waals surface area contributed by atoms with Crippen LogP contribution in [0, 0.1) is 0 Å². The quantitative estimate of drug-likeness (QED) is 0.658. The van der Waals surface area contributed by atoms with Crippen molar-refractivity contribution in [3.05, 3.63) is 65.5 Å². The molecule has 1 N–H and O–H groups in total. The highest BCUT2D eigenvalue weighted by atomic mass is 16.5. The van der Waals surface area contributed by atoms with E-state index < -0.39 is 0 Å². The Labute approximate surface area is 157 Å². The van der Waals surface area contributed by atoms with E-state index in [2.05, 4.69) is 34.6 Å². The van der Waals surface area contributed by atoms with Gasteiger partial charge in [-0.15, -0.1) is 5.10 Å². The minimum Gasteiger partial charge on any atom is -0.497 e. The molecule has 7 nitrogen and oxygen atoms in total. The molecule has 0 aliphatic heterocycles. The largest absolute Gasteiger partial charge is 0.497 e. The minimum absolute atomic E-state index is 0.0542. The van der Waals surface area contributed by atoms with Crippen LogP contribution in [-0.2, 0) is 17.6 Å². The van der Waals surface area contributed by atoms with Crippen molar-refractivity contribution in [1.82, 2.24) is 10.2 Å². The van der Waals surface area contributed by atoms with E-state index in [-0.39, 0.29) is 18.5 Å². The molecule has 3 aromatic rings. The van der Waals surface area contributed by atoms with Crippen LogP contribution in [0.1, 0.15) is 23.9 Å². The Hall–Kier alpha value is -3.35. The summed E-state index contributed by atoms with van der Waals surface area (Å²) in [6.07, 6.45) is 1.50. The van der Waals surface area contributed by atoms with Crippen molar-refractivity contribution in [1.29, 1.82) is 0 Å². The molecule has 3 rings (SSSR count). The van der Waals surface area contributed by atoms with Gasteiger partial charge in [0.25, 0.3) is 5.91 Å². The fourth-order valence-electron chi connectivity index (χ4n) is 2.42. The molecular formula is C20H21N3O4. The maximum Gasteiger partial charge on any atom is 0.322 e. The van der Waals surface area contributed by atoms with Gasteiger partial charge in [0.05, 0.1) is 13.5 Å². The monoisotopic (exact) mass is 367 g/mol. The van der Waals surface area contributed by atoms with Crippen molar-refractivity contribution in [2.24, 2.45) is 0 Å². The summed E-state index contributed by atoms with van der Waals surface area (Å²) in [7, 11) is 1.59. The minimum atomic E-state index is -0.381. The van der Waals surface area contributed by atoms with Crippen LogP contribution in [0.2, 0.25) is 0 Å². The van der Waals surface area contributed by atoms with E-state index in [0.29, 0.717) is 18.1 Å². The second-order valence-electron chi connectivity index (χ2n) is 5.86. The second kappa shape index (κ2) is 8.84. The topological polar surface area (TPSA) is 86.5 Å². The summed E-state index contributed by atoms with van der Waals surface area (Å²) < 4.78 is 15.9. The van der Waals surface area contributed by atoms with Crippen LogP contribution in [0.25, 0.3) is 0 Å². The van der Waals surface area contributed by atoms with Crippen LogP contribution in [0.4, 0.5) is 6.01 Å². The molecule has 0 aliphatic rings. The number of nitrogens with one attached hydrogen (secondary N) is 1. The average molecular weight is 367 g/mol. The molecule has 0 fully saturated rings. The first-order chi connectivity index (χ1) is 13.2. The van der Waals surface area contributed by atoms with Gasteiger partial charge < -0.3 is 13.9 Å². The van der Waals surface area contributed by atoms with Crippen molar-refractivity contribution < 1.29 is 18.7 Å². The molecule has 2 aromatic carbocycles. The number of rotatable bonds is 8. The van der Waals surface area contributed by atoms with E-state index in [4.69, 9.17) is 13.9 Å². The van der Waals surface area contributed by atoms with Crippen LogP contribution in [0.5, 0.6) is 11.5 Å². The fourth-order valence-corrected chi connectivity index (χ4v) is 2.42. The molecule has 0 saturated heterocycles. The van der Waals surface area contributed by atoms with Crippen molar-refractivity contribution in [3.8, 4) is 11.5 Å². The SMILES string of the molecule is CCc1ccc(Cc2nnc(NC(=O)COc3ccc(OC)cc3)o2)cc1. The van der Waals surface area contributed by atoms with E-state index in [0.717, 1.165) is 17.7 Å². The molecule has 1 heterocycles. The molecule has 27 heavy (non-hydrogen) atoms. The lowest BCUT2D eigenvalue weighted by Gasteiger charge is -2.06. The lowest BCUT2D eigenvalue weighted by atomic mass is 10.1. The van der Waals surface area contributed by atoms with Gasteiger partial charge in [-0.1, -0.05) is 36.3 Å². The van der Waals surface area contributed by atoms with Crippen molar-refractivity contribution in [2.75, 3.05) is 19.0 Å². The number of carbonyl (C=O) groups is 1. The molecular weight excluding hydrogens is 346 g/mol. The number of benzene rings is 2. The van der Waals surface area contributed by atoms with Gasteiger partial charge in [-0.05, 0) is 41.8 Å². The number of amides is 1. The maximum absolute atomic E-state index is 12.0. The number of hydrogen-bond donors (Lipinski definition) is 1. The highest BCUT2D eigenvalue weighted by molar-refractivity contribution is 5.89. The Morgan fingerprint density at radius 3 is 2.33 bits per heavy atom. The zero-order valence-corrected chi connectivity index (χ0v) is 15.3. The summed E-state index contributed by atoms with van der Waals surface area (Å²) in [6, 6.07) is 15.2. The Bertz CT molecular complexity index is 873. The molecule has 0 aliphatic carbocycles. The number of methoxy groups -OCH3 is 1. The molecule has 1 amide bonds. The van der Waals surface area contributed by atoms with E-state index in [1.54, 1.807) is 31.4 Å². The van der Waals surface area contributed by atoms with Gasteiger partial charge >= 0.3 is 6.01 Å². The van der Waals surface area contributed by atoms with Gasteiger partial charge in [-0.3, -0.25) is 10.1 Å². The third kappa shape index (κ3) is 5.31. The molecule has 0 saturated carbocycles. The van der Waals surface area contributed by atoms with E-state index in [1.807, 2.05) is 12.1 Å². The van der Waals surface area contributed by atoms with E-state index >= 15 is 0 Å². The lowest BCUT2D eigenvalue weighted by Crippen LogP contribution is -2.20. The van der Waals surface area contributed by atoms with Crippen LogP contribution >= 0.6 is 0 Å². The number of anilines is 1. The summed E-state index contributed by atoms with van der Waals surface area (Å²) in [6.45, 7) is 1.95. The first-order valence-electron chi connectivity index (χ1n) is 8.63. The number of carbonyl (C=O) groups excluding carboxylic acids is 1.